The molecule has 1 aromatic heterocycles. The Labute approximate surface area is 125 Å². The molecule has 0 saturated carbocycles. The Morgan fingerprint density at radius 3 is 3.00 bits per heavy atom. The lowest BCUT2D eigenvalue weighted by molar-refractivity contribution is 0.452. The fourth-order valence-electron chi connectivity index (χ4n) is 2.14. The molecule has 0 unspecified atom stereocenters. The fourth-order valence-corrected chi connectivity index (χ4v) is 3.66. The Kier molecular flexibility index (Phi) is 5.51. The van der Waals surface area contributed by atoms with Crippen LogP contribution in [0.25, 0.3) is 0 Å². The highest BCUT2D eigenvalue weighted by atomic mass is 32.2. The number of aromatic nitrogens is 1. The van der Waals surface area contributed by atoms with Crippen molar-refractivity contribution in [3.05, 3.63) is 30.1 Å². The van der Waals surface area contributed by atoms with Crippen LogP contribution >= 0.6 is 0 Å². The number of nitrogens with two attached hydrogens (primary N) is 1. The molecule has 1 saturated heterocycles. The van der Waals surface area contributed by atoms with E-state index in [9.17, 15) is 8.42 Å². The zero-order valence-electron chi connectivity index (χ0n) is 11.9. The van der Waals surface area contributed by atoms with Crippen LogP contribution in [0.15, 0.2) is 29.4 Å². The zero-order valence-corrected chi connectivity index (χ0v) is 12.7. The van der Waals surface area contributed by atoms with Gasteiger partial charge in [0, 0.05) is 37.9 Å². The van der Waals surface area contributed by atoms with E-state index in [1.165, 1.54) is 4.31 Å². The molecule has 0 bridgehead atoms. The lowest BCUT2D eigenvalue weighted by Crippen LogP contribution is -2.35. The third kappa shape index (κ3) is 4.98. The summed E-state index contributed by atoms with van der Waals surface area (Å²) in [6.45, 7) is 2.01. The molecule has 0 amide bonds. The van der Waals surface area contributed by atoms with E-state index in [2.05, 4.69) is 15.3 Å². The topological polar surface area (TPSA) is 101 Å². The molecular weight excluding hydrogens is 290 g/mol. The summed E-state index contributed by atoms with van der Waals surface area (Å²) in [5.41, 5.74) is 6.73. The van der Waals surface area contributed by atoms with Crippen LogP contribution in [0.2, 0.25) is 0 Å². The minimum atomic E-state index is -3.04. The first-order chi connectivity index (χ1) is 10.1. The molecule has 0 atom stereocenters. The number of hydrogen-bond donors (Lipinski definition) is 2. The standard InChI is InChI=1S/C13H21N5O2S/c14-13(16-7-5-12-4-1-2-6-15-12)17-8-10-18-9-3-11-21(18,19)20/h1-2,4,6H,3,5,7-11H2,(H3,14,16,17). The quantitative estimate of drug-likeness (QED) is 0.548. The fraction of sp³-hybridized carbons (Fsp3) is 0.538. The van der Waals surface area contributed by atoms with E-state index in [1.54, 1.807) is 6.20 Å². The molecule has 3 N–H and O–H groups in total. The number of rotatable bonds is 6. The molecular formula is C13H21N5O2S. The highest BCUT2D eigenvalue weighted by molar-refractivity contribution is 7.89. The predicted molar refractivity (Wildman–Crippen MR) is 82.4 cm³/mol. The van der Waals surface area contributed by atoms with E-state index >= 15 is 0 Å². The molecule has 0 aliphatic carbocycles. The van der Waals surface area contributed by atoms with Crippen molar-refractivity contribution in [2.75, 3.05) is 31.9 Å². The van der Waals surface area contributed by atoms with Gasteiger partial charge < -0.3 is 11.1 Å². The summed E-state index contributed by atoms with van der Waals surface area (Å²) in [7, 11) is -3.04. The van der Waals surface area contributed by atoms with E-state index in [-0.39, 0.29) is 5.75 Å². The summed E-state index contributed by atoms with van der Waals surface area (Å²) < 4.78 is 24.7. The third-order valence-corrected chi connectivity index (χ3v) is 5.20. The van der Waals surface area contributed by atoms with Crippen LogP contribution in [-0.2, 0) is 16.4 Å². The Morgan fingerprint density at radius 2 is 2.33 bits per heavy atom. The van der Waals surface area contributed by atoms with Gasteiger partial charge in [-0.05, 0) is 18.6 Å². The van der Waals surface area contributed by atoms with Crippen molar-refractivity contribution in [1.29, 1.82) is 0 Å². The van der Waals surface area contributed by atoms with Crippen molar-refractivity contribution < 1.29 is 8.42 Å². The first-order valence-corrected chi connectivity index (χ1v) is 8.60. The van der Waals surface area contributed by atoms with Crippen molar-refractivity contribution in [3.63, 3.8) is 0 Å². The van der Waals surface area contributed by atoms with Gasteiger partial charge in [-0.15, -0.1) is 0 Å². The Bertz CT molecular complexity index is 573. The van der Waals surface area contributed by atoms with E-state index in [4.69, 9.17) is 5.73 Å². The monoisotopic (exact) mass is 311 g/mol. The van der Waals surface area contributed by atoms with Crippen LogP contribution in [0.3, 0.4) is 0 Å². The summed E-state index contributed by atoms with van der Waals surface area (Å²) in [6, 6.07) is 5.77. The largest absolute Gasteiger partial charge is 0.370 e. The van der Waals surface area contributed by atoms with E-state index in [0.29, 0.717) is 38.6 Å². The van der Waals surface area contributed by atoms with Gasteiger partial charge >= 0.3 is 0 Å². The van der Waals surface area contributed by atoms with Crippen molar-refractivity contribution >= 4 is 16.0 Å². The van der Waals surface area contributed by atoms with Crippen LogP contribution in [0.4, 0.5) is 0 Å². The molecule has 1 aromatic rings. The molecule has 0 radical (unpaired) electrons. The molecule has 1 fully saturated rings. The maximum absolute atomic E-state index is 11.6. The normalized spacial score (nSPS) is 18.8. The van der Waals surface area contributed by atoms with Crippen LogP contribution < -0.4 is 11.1 Å². The number of sulfonamides is 1. The summed E-state index contributed by atoms with van der Waals surface area (Å²) in [5, 5.41) is 3.00. The minimum absolute atomic E-state index is 0.245. The van der Waals surface area contributed by atoms with Gasteiger partial charge in [-0.2, -0.15) is 0 Å². The lowest BCUT2D eigenvalue weighted by Gasteiger charge is -2.12. The highest BCUT2D eigenvalue weighted by Gasteiger charge is 2.27. The summed E-state index contributed by atoms with van der Waals surface area (Å²) in [5.74, 6) is 0.580. The van der Waals surface area contributed by atoms with Crippen molar-refractivity contribution in [2.45, 2.75) is 12.8 Å². The van der Waals surface area contributed by atoms with Crippen LogP contribution in [-0.4, -0.2) is 55.6 Å². The lowest BCUT2D eigenvalue weighted by atomic mass is 10.3. The number of nitrogens with zero attached hydrogens (tertiary/aromatic N) is 3. The van der Waals surface area contributed by atoms with Gasteiger partial charge in [0.15, 0.2) is 5.96 Å². The molecule has 7 nitrogen and oxygen atoms in total. The molecule has 21 heavy (non-hydrogen) atoms. The van der Waals surface area contributed by atoms with E-state index in [0.717, 1.165) is 12.1 Å². The van der Waals surface area contributed by atoms with Crippen molar-refractivity contribution in [2.24, 2.45) is 10.7 Å². The van der Waals surface area contributed by atoms with E-state index < -0.39 is 10.0 Å². The Hall–Kier alpha value is -1.67. The second-order valence-corrected chi connectivity index (χ2v) is 6.92. The minimum Gasteiger partial charge on any atom is -0.370 e. The second-order valence-electron chi connectivity index (χ2n) is 4.83. The van der Waals surface area contributed by atoms with Crippen LogP contribution in [0.5, 0.6) is 0 Å². The maximum Gasteiger partial charge on any atom is 0.214 e. The van der Waals surface area contributed by atoms with Gasteiger partial charge in [-0.25, -0.2) is 12.7 Å². The first-order valence-electron chi connectivity index (χ1n) is 6.99. The van der Waals surface area contributed by atoms with Gasteiger partial charge in [0.1, 0.15) is 0 Å². The summed E-state index contributed by atoms with van der Waals surface area (Å²) in [4.78, 5) is 8.35. The molecule has 2 rings (SSSR count). The Morgan fingerprint density at radius 1 is 1.48 bits per heavy atom. The third-order valence-electron chi connectivity index (χ3n) is 3.25. The van der Waals surface area contributed by atoms with Gasteiger partial charge in [0.25, 0.3) is 0 Å². The molecule has 8 heteroatoms. The maximum atomic E-state index is 11.6. The summed E-state index contributed by atoms with van der Waals surface area (Å²) in [6.07, 6.45) is 3.21. The second kappa shape index (κ2) is 7.37. The van der Waals surface area contributed by atoms with Crippen molar-refractivity contribution in [1.82, 2.24) is 14.6 Å². The predicted octanol–water partition coefficient (Wildman–Crippen LogP) is -0.436. The number of nitrogens with one attached hydrogen (secondary N) is 1. The highest BCUT2D eigenvalue weighted by Crippen LogP contribution is 2.12. The molecule has 116 valence electrons. The van der Waals surface area contributed by atoms with Crippen LogP contribution in [0, 0.1) is 0 Å². The number of guanidine groups is 1. The average molecular weight is 311 g/mol. The van der Waals surface area contributed by atoms with Crippen LogP contribution in [0.1, 0.15) is 12.1 Å². The molecule has 0 spiro atoms. The average Bonchev–Trinajstić information content (AvgIpc) is 2.79. The smallest absolute Gasteiger partial charge is 0.214 e. The Balaban J connectivity index is 1.67. The summed E-state index contributed by atoms with van der Waals surface area (Å²) >= 11 is 0. The number of pyridine rings is 1. The number of aliphatic imine (C=N–C) groups is 1. The van der Waals surface area contributed by atoms with Gasteiger partial charge in [-0.1, -0.05) is 6.07 Å². The molecule has 1 aliphatic rings. The SMILES string of the molecule is NC(=NCCN1CCCS1(=O)=O)NCCc1ccccn1. The molecule has 2 heterocycles. The van der Waals surface area contributed by atoms with Gasteiger partial charge in [0.05, 0.1) is 12.3 Å². The number of hydrogen-bond acceptors (Lipinski definition) is 4. The zero-order chi connectivity index (χ0) is 15.1. The molecule has 1 aliphatic heterocycles. The van der Waals surface area contributed by atoms with Gasteiger partial charge in [0.2, 0.25) is 10.0 Å². The molecule has 0 aromatic carbocycles. The first kappa shape index (κ1) is 15.7. The van der Waals surface area contributed by atoms with E-state index in [1.807, 2.05) is 18.2 Å². The van der Waals surface area contributed by atoms with Gasteiger partial charge in [-0.3, -0.25) is 9.98 Å². The van der Waals surface area contributed by atoms with Crippen molar-refractivity contribution in [3.8, 4) is 0 Å².